The van der Waals surface area contributed by atoms with Crippen LogP contribution in [0.4, 0.5) is 5.69 Å². The first-order valence-electron chi connectivity index (χ1n) is 10.6. The minimum atomic E-state index is -0.807. The Bertz CT molecular complexity index is 655. The molecule has 0 saturated carbocycles. The minimum absolute atomic E-state index is 0.0437. The van der Waals surface area contributed by atoms with Crippen molar-refractivity contribution in [3.63, 3.8) is 0 Å². The van der Waals surface area contributed by atoms with Crippen molar-refractivity contribution in [2.45, 2.75) is 19.4 Å². The molecule has 1 aliphatic rings. The summed E-state index contributed by atoms with van der Waals surface area (Å²) < 4.78 is 0. The SMILES string of the molecule is Nc1ccc(CN2CCCN(CC(=O)O)CCNCCCN(CC(=O)O)CC2)cc1. The van der Waals surface area contributed by atoms with E-state index >= 15 is 0 Å². The molecule has 0 unspecified atom stereocenters. The molecule has 168 valence electrons. The maximum Gasteiger partial charge on any atom is 0.317 e. The Morgan fingerprint density at radius 1 is 0.800 bits per heavy atom. The number of nitrogens with two attached hydrogens (primary N) is 1. The second-order valence-corrected chi connectivity index (χ2v) is 7.81. The van der Waals surface area contributed by atoms with Crippen molar-refractivity contribution in [1.29, 1.82) is 0 Å². The minimum Gasteiger partial charge on any atom is -0.480 e. The highest BCUT2D eigenvalue weighted by atomic mass is 16.4. The lowest BCUT2D eigenvalue weighted by Crippen LogP contribution is -2.42. The number of nitrogens with one attached hydrogen (secondary N) is 1. The van der Waals surface area contributed by atoms with Crippen LogP contribution in [0.3, 0.4) is 0 Å². The molecule has 9 heteroatoms. The average molecular weight is 422 g/mol. The fourth-order valence-electron chi connectivity index (χ4n) is 3.66. The first kappa shape index (κ1) is 24.1. The second-order valence-electron chi connectivity index (χ2n) is 7.81. The number of hydrogen-bond acceptors (Lipinski definition) is 7. The monoisotopic (exact) mass is 421 g/mol. The molecular weight excluding hydrogens is 386 g/mol. The van der Waals surface area contributed by atoms with Gasteiger partial charge in [-0.25, -0.2) is 0 Å². The van der Waals surface area contributed by atoms with Gasteiger partial charge in [-0.1, -0.05) is 12.1 Å². The Labute approximate surface area is 178 Å². The van der Waals surface area contributed by atoms with Crippen LogP contribution in [-0.2, 0) is 16.1 Å². The van der Waals surface area contributed by atoms with Crippen molar-refractivity contribution in [2.24, 2.45) is 0 Å². The van der Waals surface area contributed by atoms with E-state index in [9.17, 15) is 19.8 Å². The largest absolute Gasteiger partial charge is 0.480 e. The van der Waals surface area contributed by atoms with Crippen LogP contribution in [0.25, 0.3) is 0 Å². The highest BCUT2D eigenvalue weighted by Gasteiger charge is 2.15. The van der Waals surface area contributed by atoms with Gasteiger partial charge < -0.3 is 21.3 Å². The Morgan fingerprint density at radius 3 is 2.03 bits per heavy atom. The number of carboxylic acids is 2. The molecule has 0 atom stereocenters. The number of carbonyl (C=O) groups is 2. The molecule has 0 radical (unpaired) electrons. The molecule has 0 spiro atoms. The summed E-state index contributed by atoms with van der Waals surface area (Å²) in [4.78, 5) is 28.7. The number of nitrogens with zero attached hydrogens (tertiary/aromatic N) is 3. The molecule has 30 heavy (non-hydrogen) atoms. The summed E-state index contributed by atoms with van der Waals surface area (Å²) in [5, 5.41) is 21.7. The number of carboxylic acid groups (broad SMARTS) is 2. The average Bonchev–Trinajstić information content (AvgIpc) is 2.68. The van der Waals surface area contributed by atoms with Crippen LogP contribution in [0, 0.1) is 0 Å². The Kier molecular flexibility index (Phi) is 10.6. The lowest BCUT2D eigenvalue weighted by atomic mass is 10.2. The van der Waals surface area contributed by atoms with Crippen molar-refractivity contribution in [3.8, 4) is 0 Å². The second kappa shape index (κ2) is 13.2. The van der Waals surface area contributed by atoms with E-state index in [1.54, 1.807) is 0 Å². The van der Waals surface area contributed by atoms with Gasteiger partial charge in [0.15, 0.2) is 0 Å². The van der Waals surface area contributed by atoms with Crippen LogP contribution >= 0.6 is 0 Å². The lowest BCUT2D eigenvalue weighted by molar-refractivity contribution is -0.139. The highest BCUT2D eigenvalue weighted by Crippen LogP contribution is 2.10. The van der Waals surface area contributed by atoms with E-state index in [0.29, 0.717) is 26.2 Å². The summed E-state index contributed by atoms with van der Waals surface area (Å²) in [6.45, 7) is 6.71. The first-order valence-corrected chi connectivity index (χ1v) is 10.6. The summed E-state index contributed by atoms with van der Waals surface area (Å²) in [7, 11) is 0. The van der Waals surface area contributed by atoms with Crippen molar-refractivity contribution in [2.75, 3.05) is 71.2 Å². The van der Waals surface area contributed by atoms with E-state index in [-0.39, 0.29) is 13.1 Å². The fourth-order valence-corrected chi connectivity index (χ4v) is 3.66. The third-order valence-electron chi connectivity index (χ3n) is 5.22. The summed E-state index contributed by atoms with van der Waals surface area (Å²) in [6, 6.07) is 7.80. The van der Waals surface area contributed by atoms with Gasteiger partial charge >= 0.3 is 11.9 Å². The van der Waals surface area contributed by atoms with Crippen LogP contribution in [0.2, 0.25) is 0 Å². The molecule has 0 amide bonds. The normalized spacial score (nSPS) is 19.2. The van der Waals surface area contributed by atoms with Gasteiger partial charge in [-0.3, -0.25) is 24.3 Å². The molecule has 1 aromatic carbocycles. The molecule has 9 nitrogen and oxygen atoms in total. The molecule has 0 aromatic heterocycles. The van der Waals surface area contributed by atoms with Gasteiger partial charge in [-0.15, -0.1) is 0 Å². The van der Waals surface area contributed by atoms with Crippen LogP contribution in [0.1, 0.15) is 18.4 Å². The maximum atomic E-state index is 11.2. The Morgan fingerprint density at radius 2 is 1.37 bits per heavy atom. The topological polar surface area (TPSA) is 122 Å². The molecule has 0 bridgehead atoms. The van der Waals surface area contributed by atoms with Gasteiger partial charge in [0.05, 0.1) is 13.1 Å². The fraction of sp³-hybridized carbons (Fsp3) is 0.619. The number of hydrogen-bond donors (Lipinski definition) is 4. The molecular formula is C21H35N5O4. The molecule has 0 aliphatic carbocycles. The zero-order valence-electron chi connectivity index (χ0n) is 17.6. The number of benzene rings is 1. The van der Waals surface area contributed by atoms with Crippen molar-refractivity contribution < 1.29 is 19.8 Å². The third-order valence-corrected chi connectivity index (χ3v) is 5.22. The van der Waals surface area contributed by atoms with Gasteiger partial charge in [0, 0.05) is 45.0 Å². The van der Waals surface area contributed by atoms with Gasteiger partial charge in [-0.05, 0) is 50.2 Å². The van der Waals surface area contributed by atoms with Gasteiger partial charge in [0.1, 0.15) is 0 Å². The highest BCUT2D eigenvalue weighted by molar-refractivity contribution is 5.69. The van der Waals surface area contributed by atoms with Crippen molar-refractivity contribution >= 4 is 17.6 Å². The first-order chi connectivity index (χ1) is 14.4. The third kappa shape index (κ3) is 10.0. The van der Waals surface area contributed by atoms with Gasteiger partial charge in [0.2, 0.25) is 0 Å². The van der Waals surface area contributed by atoms with E-state index < -0.39 is 11.9 Å². The Balaban J connectivity index is 2.03. The predicted octanol–water partition coefficient (Wildman–Crippen LogP) is 0.227. The summed E-state index contributed by atoms with van der Waals surface area (Å²) in [5.41, 5.74) is 7.67. The zero-order chi connectivity index (χ0) is 21.8. The molecule has 1 saturated heterocycles. The Hall–Kier alpha value is -2.20. The number of nitrogen functional groups attached to an aromatic ring is 1. The van der Waals surface area contributed by atoms with Crippen LogP contribution in [-0.4, -0.2) is 102 Å². The zero-order valence-corrected chi connectivity index (χ0v) is 17.6. The van der Waals surface area contributed by atoms with E-state index in [0.717, 1.165) is 56.8 Å². The smallest absolute Gasteiger partial charge is 0.317 e. The van der Waals surface area contributed by atoms with Crippen LogP contribution in [0.15, 0.2) is 24.3 Å². The molecule has 1 aromatic rings. The summed E-state index contributed by atoms with van der Waals surface area (Å²) in [5.74, 6) is -1.61. The van der Waals surface area contributed by atoms with E-state index in [1.807, 2.05) is 34.1 Å². The van der Waals surface area contributed by atoms with Crippen molar-refractivity contribution in [3.05, 3.63) is 29.8 Å². The maximum absolute atomic E-state index is 11.2. The quantitative estimate of drug-likeness (QED) is 0.478. The molecule has 1 aliphatic heterocycles. The molecule has 1 heterocycles. The van der Waals surface area contributed by atoms with E-state index in [4.69, 9.17) is 5.73 Å². The summed E-state index contributed by atoms with van der Waals surface area (Å²) in [6.07, 6.45) is 1.70. The molecule has 1 fully saturated rings. The predicted molar refractivity (Wildman–Crippen MR) is 116 cm³/mol. The van der Waals surface area contributed by atoms with E-state index in [2.05, 4.69) is 10.2 Å². The summed E-state index contributed by atoms with van der Waals surface area (Å²) >= 11 is 0. The standard InChI is InChI=1S/C21H35N5O4/c22-19-5-3-18(4-6-19)15-25-11-2-10-24(16-20(27)28)12-8-23-7-1-9-26(14-13-25)17-21(29)30/h3-6,23H,1-2,7-17,22H2,(H,27,28)(H,29,30). The molecule has 5 N–H and O–H groups in total. The van der Waals surface area contributed by atoms with Crippen LogP contribution < -0.4 is 11.1 Å². The number of aliphatic carboxylic acids is 2. The molecule has 2 rings (SSSR count). The van der Waals surface area contributed by atoms with Crippen LogP contribution in [0.5, 0.6) is 0 Å². The number of rotatable bonds is 6. The lowest BCUT2D eigenvalue weighted by Gasteiger charge is -2.29. The number of anilines is 1. The van der Waals surface area contributed by atoms with Gasteiger partial charge in [-0.2, -0.15) is 0 Å². The van der Waals surface area contributed by atoms with E-state index in [1.165, 1.54) is 0 Å². The van der Waals surface area contributed by atoms with Gasteiger partial charge in [0.25, 0.3) is 0 Å². The van der Waals surface area contributed by atoms with Crippen molar-refractivity contribution in [1.82, 2.24) is 20.0 Å².